The number of ether oxygens (including phenoxy) is 1. The molecular formula is C12H16NO-. The largest absolute Gasteiger partial charge is 0.659 e. The summed E-state index contributed by atoms with van der Waals surface area (Å²) in [6.45, 7) is 0. The minimum Gasteiger partial charge on any atom is -0.659 e. The van der Waals surface area contributed by atoms with Crippen LogP contribution in [0.15, 0.2) is 24.3 Å². The molecular weight excluding hydrogens is 174 g/mol. The van der Waals surface area contributed by atoms with Crippen LogP contribution in [-0.2, 0) is 6.42 Å². The van der Waals surface area contributed by atoms with Crippen LogP contribution < -0.4 is 4.74 Å². The van der Waals surface area contributed by atoms with Crippen LogP contribution >= 0.6 is 0 Å². The van der Waals surface area contributed by atoms with Gasteiger partial charge in [-0.3, -0.25) is 0 Å². The lowest BCUT2D eigenvalue weighted by Gasteiger charge is -2.28. The first-order valence-corrected chi connectivity index (χ1v) is 5.02. The average Bonchev–Trinajstić information content (AvgIpc) is 2.99. The summed E-state index contributed by atoms with van der Waals surface area (Å²) in [6.07, 6.45) is 3.47. The first kappa shape index (κ1) is 9.53. The van der Waals surface area contributed by atoms with E-state index < -0.39 is 0 Å². The van der Waals surface area contributed by atoms with Crippen molar-refractivity contribution < 1.29 is 4.74 Å². The Balaban J connectivity index is 2.16. The van der Waals surface area contributed by atoms with Gasteiger partial charge in [-0.1, -0.05) is 31.0 Å². The lowest BCUT2D eigenvalue weighted by molar-refractivity contribution is 0.408. The Hall–Kier alpha value is -1.02. The van der Waals surface area contributed by atoms with Gasteiger partial charge in [0.05, 0.1) is 7.11 Å². The first-order chi connectivity index (χ1) is 6.79. The van der Waals surface area contributed by atoms with Crippen LogP contribution in [0.2, 0.25) is 0 Å². The van der Waals surface area contributed by atoms with Crippen molar-refractivity contribution in [3.63, 3.8) is 0 Å². The molecule has 0 spiro atoms. The highest BCUT2D eigenvalue weighted by atomic mass is 16.5. The van der Waals surface area contributed by atoms with E-state index in [1.807, 2.05) is 19.2 Å². The number of benzene rings is 1. The molecule has 1 aromatic rings. The van der Waals surface area contributed by atoms with Crippen molar-refractivity contribution in [1.82, 2.24) is 0 Å². The standard InChI is InChI=1S/C12H16NO/c1-13-12(7-8-12)9-10-5-3-4-6-11(10)14-2/h3-6H,7-9H2,1-2H3/q-1. The quantitative estimate of drug-likeness (QED) is 0.716. The predicted octanol–water partition coefficient (Wildman–Crippen LogP) is 2.77. The molecule has 0 unspecified atom stereocenters. The van der Waals surface area contributed by atoms with Crippen molar-refractivity contribution in [2.45, 2.75) is 24.8 Å². The first-order valence-electron chi connectivity index (χ1n) is 5.02. The van der Waals surface area contributed by atoms with E-state index in [1.165, 1.54) is 18.4 Å². The monoisotopic (exact) mass is 190 g/mol. The van der Waals surface area contributed by atoms with E-state index in [4.69, 9.17) is 4.74 Å². The molecule has 1 aliphatic carbocycles. The van der Waals surface area contributed by atoms with Gasteiger partial charge in [0.25, 0.3) is 0 Å². The number of hydrogen-bond donors (Lipinski definition) is 0. The highest BCUT2D eigenvalue weighted by molar-refractivity contribution is 5.37. The summed E-state index contributed by atoms with van der Waals surface area (Å²) in [5.74, 6) is 0.988. The fraction of sp³-hybridized carbons (Fsp3) is 0.500. The van der Waals surface area contributed by atoms with Gasteiger partial charge in [0.1, 0.15) is 5.75 Å². The van der Waals surface area contributed by atoms with Crippen molar-refractivity contribution in [3.8, 4) is 5.75 Å². The number of rotatable bonds is 4. The summed E-state index contributed by atoms with van der Waals surface area (Å²) in [5.41, 5.74) is 1.51. The molecule has 0 aromatic heterocycles. The maximum absolute atomic E-state index is 5.32. The Morgan fingerprint density at radius 2 is 2.07 bits per heavy atom. The summed E-state index contributed by atoms with van der Waals surface area (Å²) in [5, 5.41) is 4.45. The third-order valence-electron chi connectivity index (χ3n) is 3.01. The zero-order chi connectivity index (χ0) is 10.0. The molecule has 2 rings (SSSR count). The molecule has 0 atom stereocenters. The van der Waals surface area contributed by atoms with Crippen LogP contribution in [0.4, 0.5) is 0 Å². The third kappa shape index (κ3) is 1.75. The van der Waals surface area contributed by atoms with E-state index >= 15 is 0 Å². The molecule has 2 heteroatoms. The molecule has 14 heavy (non-hydrogen) atoms. The summed E-state index contributed by atoms with van der Waals surface area (Å²) in [4.78, 5) is 0. The van der Waals surface area contributed by atoms with Gasteiger partial charge in [-0.2, -0.15) is 7.05 Å². The van der Waals surface area contributed by atoms with Gasteiger partial charge in [-0.25, -0.2) is 0 Å². The number of hydrogen-bond acceptors (Lipinski definition) is 1. The molecule has 1 fully saturated rings. The average molecular weight is 190 g/mol. The summed E-state index contributed by atoms with van der Waals surface area (Å²) >= 11 is 0. The Bertz CT molecular complexity index is 318. The van der Waals surface area contributed by atoms with Gasteiger partial charge in [0.15, 0.2) is 0 Å². The summed E-state index contributed by atoms with van der Waals surface area (Å²) < 4.78 is 5.32. The van der Waals surface area contributed by atoms with E-state index in [9.17, 15) is 0 Å². The minimum atomic E-state index is 0.231. The Morgan fingerprint density at radius 3 is 2.64 bits per heavy atom. The maximum Gasteiger partial charge on any atom is 0.122 e. The smallest absolute Gasteiger partial charge is 0.122 e. The summed E-state index contributed by atoms with van der Waals surface area (Å²) in [6, 6.07) is 8.21. The molecule has 76 valence electrons. The van der Waals surface area contributed by atoms with Gasteiger partial charge in [-0.15, -0.1) is 5.54 Å². The van der Waals surface area contributed by atoms with Crippen molar-refractivity contribution >= 4 is 0 Å². The second-order valence-electron chi connectivity index (χ2n) is 3.94. The van der Waals surface area contributed by atoms with Crippen molar-refractivity contribution in [1.29, 1.82) is 0 Å². The molecule has 1 aromatic carbocycles. The zero-order valence-electron chi connectivity index (χ0n) is 8.79. The van der Waals surface area contributed by atoms with Crippen molar-refractivity contribution in [3.05, 3.63) is 35.1 Å². The molecule has 2 nitrogen and oxygen atoms in total. The van der Waals surface area contributed by atoms with E-state index in [2.05, 4.69) is 17.4 Å². The number of likely N-dealkylation sites (N-methyl/N-ethyl adjacent to an activating group) is 1. The molecule has 0 aliphatic heterocycles. The molecule has 0 amide bonds. The minimum absolute atomic E-state index is 0.231. The molecule has 0 radical (unpaired) electrons. The molecule has 0 bridgehead atoms. The van der Waals surface area contributed by atoms with E-state index in [-0.39, 0.29) is 5.54 Å². The Kier molecular flexibility index (Phi) is 2.46. The lowest BCUT2D eigenvalue weighted by atomic mass is 10.0. The van der Waals surface area contributed by atoms with Crippen LogP contribution in [0.25, 0.3) is 5.32 Å². The normalized spacial score (nSPS) is 17.9. The van der Waals surface area contributed by atoms with Gasteiger partial charge < -0.3 is 10.1 Å². The number of nitrogens with zero attached hydrogens (tertiary/aromatic N) is 1. The molecule has 0 heterocycles. The van der Waals surface area contributed by atoms with Crippen LogP contribution in [0.5, 0.6) is 5.75 Å². The molecule has 0 N–H and O–H groups in total. The van der Waals surface area contributed by atoms with Crippen LogP contribution in [0.1, 0.15) is 18.4 Å². The van der Waals surface area contributed by atoms with E-state index in [0.717, 1.165) is 12.2 Å². The van der Waals surface area contributed by atoms with Crippen LogP contribution in [0, 0.1) is 0 Å². The third-order valence-corrected chi connectivity index (χ3v) is 3.01. The van der Waals surface area contributed by atoms with Gasteiger partial charge in [0, 0.05) is 0 Å². The highest BCUT2D eigenvalue weighted by Crippen LogP contribution is 2.46. The molecule has 1 saturated carbocycles. The van der Waals surface area contributed by atoms with Gasteiger partial charge >= 0.3 is 0 Å². The van der Waals surface area contributed by atoms with Gasteiger partial charge in [0.2, 0.25) is 0 Å². The second-order valence-corrected chi connectivity index (χ2v) is 3.94. The Labute approximate surface area is 85.3 Å². The SMILES string of the molecule is C[N-]C1(Cc2ccccc2OC)CC1. The topological polar surface area (TPSA) is 23.3 Å². The van der Waals surface area contributed by atoms with Gasteiger partial charge in [-0.05, 0) is 18.1 Å². The highest BCUT2D eigenvalue weighted by Gasteiger charge is 2.32. The number of methoxy groups -OCH3 is 1. The van der Waals surface area contributed by atoms with Crippen molar-refractivity contribution in [2.75, 3.05) is 14.2 Å². The van der Waals surface area contributed by atoms with Crippen LogP contribution in [-0.4, -0.2) is 19.7 Å². The maximum atomic E-state index is 5.32. The second kappa shape index (κ2) is 3.62. The van der Waals surface area contributed by atoms with Crippen molar-refractivity contribution in [2.24, 2.45) is 0 Å². The Morgan fingerprint density at radius 1 is 1.36 bits per heavy atom. The van der Waals surface area contributed by atoms with E-state index in [1.54, 1.807) is 7.11 Å². The number of para-hydroxylation sites is 1. The zero-order valence-corrected chi connectivity index (χ0v) is 8.79. The molecule has 1 aliphatic rings. The van der Waals surface area contributed by atoms with E-state index in [0.29, 0.717) is 0 Å². The van der Waals surface area contributed by atoms with Crippen LogP contribution in [0.3, 0.4) is 0 Å². The fourth-order valence-corrected chi connectivity index (χ4v) is 1.83. The summed E-state index contributed by atoms with van der Waals surface area (Å²) in [7, 11) is 3.64. The molecule has 0 saturated heterocycles. The lowest BCUT2D eigenvalue weighted by Crippen LogP contribution is -2.10. The predicted molar refractivity (Wildman–Crippen MR) is 57.9 cm³/mol. The fourth-order valence-electron chi connectivity index (χ4n) is 1.83.